The molecule has 0 aliphatic heterocycles. The first-order chi connectivity index (χ1) is 11.4. The molecule has 0 bridgehead atoms. The first-order valence-corrected chi connectivity index (χ1v) is 8.00. The molecule has 1 fully saturated rings. The van der Waals surface area contributed by atoms with E-state index in [1.165, 1.54) is 17.8 Å². The molecule has 8 nitrogen and oxygen atoms in total. The number of carbonyl (C=O) groups excluding carboxylic acids is 1. The van der Waals surface area contributed by atoms with E-state index < -0.39 is 11.2 Å². The Morgan fingerprint density at radius 2 is 1.92 bits per heavy atom. The van der Waals surface area contributed by atoms with Crippen LogP contribution in [0.4, 0.5) is 5.69 Å². The first kappa shape index (κ1) is 22.1. The Hall–Kier alpha value is -1.90. The van der Waals surface area contributed by atoms with E-state index in [1.54, 1.807) is 13.1 Å². The lowest BCUT2D eigenvalue weighted by atomic mass is 9.85. The maximum atomic E-state index is 12.4. The lowest BCUT2D eigenvalue weighted by Gasteiger charge is -2.25. The average molecular weight is 404 g/mol. The molecular weight excluding hydrogens is 381 g/mol. The minimum absolute atomic E-state index is 0. The molecule has 1 saturated carbocycles. The number of amides is 1. The molecule has 3 rings (SSSR count). The minimum Gasteiger partial charge on any atom is -0.328 e. The van der Waals surface area contributed by atoms with Gasteiger partial charge in [-0.15, -0.1) is 24.8 Å². The smallest absolute Gasteiger partial charge is 0.328 e. The second kappa shape index (κ2) is 8.66. The third-order valence-corrected chi connectivity index (χ3v) is 4.65. The van der Waals surface area contributed by atoms with Crippen LogP contribution in [0, 0.1) is 5.92 Å². The number of carbonyl (C=O) groups is 1. The van der Waals surface area contributed by atoms with E-state index in [0.29, 0.717) is 17.8 Å². The van der Waals surface area contributed by atoms with Crippen LogP contribution in [0.25, 0.3) is 11.0 Å². The fourth-order valence-electron chi connectivity index (χ4n) is 3.24. The van der Waals surface area contributed by atoms with E-state index >= 15 is 0 Å². The van der Waals surface area contributed by atoms with Crippen molar-refractivity contribution < 1.29 is 4.79 Å². The lowest BCUT2D eigenvalue weighted by Crippen LogP contribution is -2.37. The van der Waals surface area contributed by atoms with E-state index in [4.69, 9.17) is 5.73 Å². The zero-order valence-electron chi connectivity index (χ0n) is 14.6. The van der Waals surface area contributed by atoms with Gasteiger partial charge in [0.15, 0.2) is 0 Å². The van der Waals surface area contributed by atoms with E-state index in [2.05, 4.69) is 10.3 Å². The highest BCUT2D eigenvalue weighted by atomic mass is 35.5. The third kappa shape index (κ3) is 4.08. The zero-order valence-corrected chi connectivity index (χ0v) is 16.2. The average Bonchev–Trinajstić information content (AvgIpc) is 2.58. The van der Waals surface area contributed by atoms with Crippen molar-refractivity contribution in [2.45, 2.75) is 31.7 Å². The number of nitrogens with one attached hydrogen (secondary N) is 1. The molecule has 2 atom stereocenters. The second-order valence-corrected chi connectivity index (χ2v) is 6.41. The lowest BCUT2D eigenvalue weighted by molar-refractivity contribution is -0.120. The molecule has 1 amide bonds. The highest BCUT2D eigenvalue weighted by Crippen LogP contribution is 2.24. The fraction of sp³-hybridized carbons (Fsp3) is 0.500. The Labute approximate surface area is 162 Å². The molecule has 2 aromatic heterocycles. The quantitative estimate of drug-likeness (QED) is 0.774. The van der Waals surface area contributed by atoms with Crippen molar-refractivity contribution in [1.29, 1.82) is 0 Å². The number of fused-ring (bicyclic) bond motifs is 1. The van der Waals surface area contributed by atoms with E-state index in [9.17, 15) is 14.4 Å². The molecule has 0 aromatic carbocycles. The summed E-state index contributed by atoms with van der Waals surface area (Å²) in [6.07, 6.45) is 4.84. The molecule has 0 spiro atoms. The van der Waals surface area contributed by atoms with Crippen molar-refractivity contribution in [2.24, 2.45) is 25.7 Å². The SMILES string of the molecule is Cl.Cl.Cn1c(=O)c2cc(NC(=O)C3CCCC(N)C3)cnc2n(C)c1=O. The number of nitrogens with zero attached hydrogens (tertiary/aromatic N) is 3. The zero-order chi connectivity index (χ0) is 17.4. The molecular formula is C16H23Cl2N5O3. The summed E-state index contributed by atoms with van der Waals surface area (Å²) in [5.41, 5.74) is 5.80. The van der Waals surface area contributed by atoms with Gasteiger partial charge in [0, 0.05) is 26.1 Å². The minimum atomic E-state index is -0.437. The molecule has 26 heavy (non-hydrogen) atoms. The van der Waals surface area contributed by atoms with Crippen LogP contribution < -0.4 is 22.3 Å². The number of nitrogens with two attached hydrogens (primary N) is 1. The fourth-order valence-corrected chi connectivity index (χ4v) is 3.24. The summed E-state index contributed by atoms with van der Waals surface area (Å²) in [4.78, 5) is 40.7. The summed E-state index contributed by atoms with van der Waals surface area (Å²) in [6.45, 7) is 0. The summed E-state index contributed by atoms with van der Waals surface area (Å²) in [6, 6.07) is 1.62. The van der Waals surface area contributed by atoms with Crippen molar-refractivity contribution in [3.63, 3.8) is 0 Å². The van der Waals surface area contributed by atoms with Crippen LogP contribution in [0.15, 0.2) is 21.9 Å². The summed E-state index contributed by atoms with van der Waals surface area (Å²) in [5.74, 6) is -0.222. The van der Waals surface area contributed by atoms with Gasteiger partial charge in [-0.2, -0.15) is 0 Å². The number of hydrogen-bond acceptors (Lipinski definition) is 5. The van der Waals surface area contributed by atoms with Crippen LogP contribution >= 0.6 is 24.8 Å². The Morgan fingerprint density at radius 3 is 2.58 bits per heavy atom. The van der Waals surface area contributed by atoms with Gasteiger partial charge in [-0.1, -0.05) is 6.42 Å². The van der Waals surface area contributed by atoms with E-state index in [1.807, 2.05) is 0 Å². The molecule has 144 valence electrons. The number of pyridine rings is 1. The standard InChI is InChI=1S/C16H21N5O3.2ClH/c1-20-13-12(15(23)21(2)16(20)24)7-11(8-18-13)19-14(22)9-4-3-5-10(17)6-9;;/h7-10H,3-6,17H2,1-2H3,(H,19,22);2*1H. The normalized spacial score (nSPS) is 19.3. The van der Waals surface area contributed by atoms with Gasteiger partial charge in [-0.25, -0.2) is 9.78 Å². The van der Waals surface area contributed by atoms with Crippen LogP contribution in [0.3, 0.4) is 0 Å². The number of aromatic nitrogens is 3. The van der Waals surface area contributed by atoms with Gasteiger partial charge < -0.3 is 11.1 Å². The highest BCUT2D eigenvalue weighted by Gasteiger charge is 2.25. The summed E-state index contributed by atoms with van der Waals surface area (Å²) >= 11 is 0. The topological polar surface area (TPSA) is 112 Å². The summed E-state index contributed by atoms with van der Waals surface area (Å²) < 4.78 is 2.33. The Bertz CT molecular complexity index is 924. The molecule has 0 saturated heterocycles. The number of rotatable bonds is 2. The molecule has 2 unspecified atom stereocenters. The molecule has 0 radical (unpaired) electrons. The Balaban J connectivity index is 0.00000169. The van der Waals surface area contributed by atoms with Crippen LogP contribution in [-0.2, 0) is 18.9 Å². The van der Waals surface area contributed by atoms with Gasteiger partial charge >= 0.3 is 5.69 Å². The van der Waals surface area contributed by atoms with Gasteiger partial charge in [-0.05, 0) is 25.3 Å². The van der Waals surface area contributed by atoms with Crippen molar-refractivity contribution in [3.05, 3.63) is 33.1 Å². The highest BCUT2D eigenvalue weighted by molar-refractivity contribution is 5.94. The van der Waals surface area contributed by atoms with Crippen LogP contribution in [0.5, 0.6) is 0 Å². The van der Waals surface area contributed by atoms with Crippen LogP contribution in [0.2, 0.25) is 0 Å². The first-order valence-electron chi connectivity index (χ1n) is 8.00. The van der Waals surface area contributed by atoms with Crippen molar-refractivity contribution in [1.82, 2.24) is 14.1 Å². The maximum absolute atomic E-state index is 12.4. The van der Waals surface area contributed by atoms with Crippen molar-refractivity contribution >= 4 is 47.4 Å². The molecule has 1 aliphatic rings. The largest absolute Gasteiger partial charge is 0.332 e. The number of hydrogen-bond donors (Lipinski definition) is 2. The van der Waals surface area contributed by atoms with Crippen molar-refractivity contribution in [2.75, 3.05) is 5.32 Å². The predicted molar refractivity (Wildman–Crippen MR) is 105 cm³/mol. The Kier molecular flexibility index (Phi) is 7.37. The van der Waals surface area contributed by atoms with Crippen molar-refractivity contribution in [3.8, 4) is 0 Å². The van der Waals surface area contributed by atoms with Gasteiger partial charge in [0.25, 0.3) is 5.56 Å². The second-order valence-electron chi connectivity index (χ2n) is 6.41. The summed E-state index contributed by atoms with van der Waals surface area (Å²) in [5, 5.41) is 3.10. The number of anilines is 1. The monoisotopic (exact) mass is 403 g/mol. The Morgan fingerprint density at radius 1 is 1.23 bits per heavy atom. The van der Waals surface area contributed by atoms with E-state index in [0.717, 1.165) is 23.8 Å². The van der Waals surface area contributed by atoms with E-state index in [-0.39, 0.29) is 48.1 Å². The van der Waals surface area contributed by atoms with Gasteiger partial charge in [0.1, 0.15) is 5.65 Å². The molecule has 2 aromatic rings. The number of halogens is 2. The van der Waals surface area contributed by atoms with Gasteiger partial charge in [0.2, 0.25) is 5.91 Å². The third-order valence-electron chi connectivity index (χ3n) is 4.65. The molecule has 1 aliphatic carbocycles. The van der Waals surface area contributed by atoms with Crippen LogP contribution in [0.1, 0.15) is 25.7 Å². The predicted octanol–water partition coefficient (Wildman–Crippen LogP) is 0.932. The van der Waals surface area contributed by atoms with Crippen LogP contribution in [-0.4, -0.2) is 26.1 Å². The summed E-state index contributed by atoms with van der Waals surface area (Å²) in [7, 11) is 2.97. The number of aryl methyl sites for hydroxylation is 1. The maximum Gasteiger partial charge on any atom is 0.332 e. The van der Waals surface area contributed by atoms with Gasteiger partial charge in [0.05, 0.1) is 17.3 Å². The van der Waals surface area contributed by atoms with Gasteiger partial charge in [-0.3, -0.25) is 18.7 Å². The molecule has 3 N–H and O–H groups in total. The molecule has 2 heterocycles. The molecule has 10 heteroatoms.